The number of cyclic esters (lactones) is 1. The first-order valence-electron chi connectivity index (χ1n) is 5.30. The highest BCUT2D eigenvalue weighted by atomic mass is 16.5. The van der Waals surface area contributed by atoms with Crippen molar-refractivity contribution in [2.75, 3.05) is 0 Å². The molecule has 4 nitrogen and oxygen atoms in total. The smallest absolute Gasteiger partial charge is 0.342 e. The highest BCUT2D eigenvalue weighted by Gasteiger charge is 2.29. The molecule has 0 aromatic heterocycles. The van der Waals surface area contributed by atoms with E-state index in [-0.39, 0.29) is 23.2 Å². The van der Waals surface area contributed by atoms with Gasteiger partial charge in [-0.25, -0.2) is 4.79 Å². The molecular weight excluding hydrogens is 208 g/mol. The normalized spacial score (nSPS) is 19.1. The first kappa shape index (κ1) is 10.8. The summed E-state index contributed by atoms with van der Waals surface area (Å²) >= 11 is 0. The van der Waals surface area contributed by atoms with Gasteiger partial charge in [0.05, 0.1) is 0 Å². The van der Waals surface area contributed by atoms with E-state index < -0.39 is 5.97 Å². The van der Waals surface area contributed by atoms with E-state index in [2.05, 4.69) is 0 Å². The minimum atomic E-state index is -0.506. The number of esters is 1. The van der Waals surface area contributed by atoms with Gasteiger partial charge in [-0.3, -0.25) is 0 Å². The lowest BCUT2D eigenvalue weighted by Crippen LogP contribution is -2.27. The number of benzene rings is 1. The van der Waals surface area contributed by atoms with E-state index in [4.69, 9.17) is 4.74 Å². The van der Waals surface area contributed by atoms with Gasteiger partial charge in [0, 0.05) is 12.0 Å². The molecule has 0 aliphatic carbocycles. The van der Waals surface area contributed by atoms with E-state index in [1.54, 1.807) is 6.92 Å². The molecule has 0 fully saturated rings. The first-order chi connectivity index (χ1) is 7.54. The van der Waals surface area contributed by atoms with Crippen LogP contribution in [0, 0.1) is 6.92 Å². The number of phenolic OH excluding ortho intramolecular Hbond substituents is 2. The molecule has 16 heavy (non-hydrogen) atoms. The standard InChI is InChI=1S/C12H14O4/c1-3-8-4-7-5-9(13)6(2)11(14)10(7)12(15)16-8/h5,8,13-14H,3-4H2,1-2H3/t8-/m1/s1. The van der Waals surface area contributed by atoms with Gasteiger partial charge >= 0.3 is 5.97 Å². The van der Waals surface area contributed by atoms with E-state index in [1.165, 1.54) is 6.07 Å². The van der Waals surface area contributed by atoms with Crippen molar-refractivity contribution in [2.24, 2.45) is 0 Å². The summed E-state index contributed by atoms with van der Waals surface area (Å²) in [6.45, 7) is 3.49. The second kappa shape index (κ2) is 3.70. The molecule has 1 aromatic rings. The maximum Gasteiger partial charge on any atom is 0.342 e. The summed E-state index contributed by atoms with van der Waals surface area (Å²) in [6.07, 6.45) is 1.10. The molecule has 0 saturated heterocycles. The molecule has 1 heterocycles. The molecule has 0 unspecified atom stereocenters. The highest BCUT2D eigenvalue weighted by Crippen LogP contribution is 2.36. The fourth-order valence-electron chi connectivity index (χ4n) is 1.92. The molecule has 4 heteroatoms. The minimum absolute atomic E-state index is 0.0146. The summed E-state index contributed by atoms with van der Waals surface area (Å²) in [7, 11) is 0. The molecule has 0 radical (unpaired) electrons. The van der Waals surface area contributed by atoms with Crippen molar-refractivity contribution in [1.29, 1.82) is 0 Å². The van der Waals surface area contributed by atoms with Crippen molar-refractivity contribution in [3.05, 3.63) is 22.8 Å². The van der Waals surface area contributed by atoms with Crippen LogP contribution in [0.5, 0.6) is 11.5 Å². The molecule has 1 atom stereocenters. The van der Waals surface area contributed by atoms with Crippen molar-refractivity contribution in [3.8, 4) is 11.5 Å². The lowest BCUT2D eigenvalue weighted by Gasteiger charge is -2.25. The minimum Gasteiger partial charge on any atom is -0.508 e. The number of aromatic hydroxyl groups is 2. The van der Waals surface area contributed by atoms with Gasteiger partial charge in [-0.05, 0) is 25.0 Å². The van der Waals surface area contributed by atoms with E-state index in [9.17, 15) is 15.0 Å². The number of hydrogen-bond acceptors (Lipinski definition) is 4. The third kappa shape index (κ3) is 1.50. The highest BCUT2D eigenvalue weighted by molar-refractivity contribution is 5.96. The number of hydrogen-bond donors (Lipinski definition) is 2. The van der Waals surface area contributed by atoms with Crippen LogP contribution in [0.4, 0.5) is 0 Å². The van der Waals surface area contributed by atoms with E-state index in [1.807, 2.05) is 6.92 Å². The zero-order valence-electron chi connectivity index (χ0n) is 9.28. The summed E-state index contributed by atoms with van der Waals surface area (Å²) < 4.78 is 5.16. The van der Waals surface area contributed by atoms with Crippen molar-refractivity contribution in [3.63, 3.8) is 0 Å². The number of carbonyl (C=O) groups is 1. The molecule has 2 rings (SSSR count). The Hall–Kier alpha value is -1.71. The van der Waals surface area contributed by atoms with Gasteiger partial charge in [-0.15, -0.1) is 0 Å². The maximum atomic E-state index is 11.7. The summed E-state index contributed by atoms with van der Waals surface area (Å²) in [5.74, 6) is -0.663. The molecule has 2 N–H and O–H groups in total. The van der Waals surface area contributed by atoms with Gasteiger partial charge in [0.15, 0.2) is 0 Å². The van der Waals surface area contributed by atoms with Crippen molar-refractivity contribution in [2.45, 2.75) is 32.8 Å². The number of rotatable bonds is 1. The van der Waals surface area contributed by atoms with Crippen molar-refractivity contribution < 1.29 is 19.7 Å². The molecule has 0 spiro atoms. The van der Waals surface area contributed by atoms with Gasteiger partial charge in [0.1, 0.15) is 23.2 Å². The van der Waals surface area contributed by atoms with Crippen LogP contribution in [0.25, 0.3) is 0 Å². The zero-order chi connectivity index (χ0) is 11.9. The van der Waals surface area contributed by atoms with E-state index in [0.29, 0.717) is 17.5 Å². The van der Waals surface area contributed by atoms with Gasteiger partial charge < -0.3 is 14.9 Å². The molecule has 0 saturated carbocycles. The average molecular weight is 222 g/mol. The van der Waals surface area contributed by atoms with Crippen LogP contribution in [-0.2, 0) is 11.2 Å². The second-order valence-electron chi connectivity index (χ2n) is 4.04. The third-order valence-corrected chi connectivity index (χ3v) is 2.99. The Morgan fingerprint density at radius 3 is 2.81 bits per heavy atom. The van der Waals surface area contributed by atoms with Gasteiger partial charge in [-0.2, -0.15) is 0 Å². The Balaban J connectivity index is 2.57. The predicted octanol–water partition coefficient (Wildman–Crippen LogP) is 1.90. The van der Waals surface area contributed by atoms with Crippen LogP contribution in [0.2, 0.25) is 0 Å². The predicted molar refractivity (Wildman–Crippen MR) is 57.7 cm³/mol. The molecule has 1 aliphatic heterocycles. The Morgan fingerprint density at radius 2 is 2.19 bits per heavy atom. The lowest BCUT2D eigenvalue weighted by molar-refractivity contribution is 0.0245. The number of fused-ring (bicyclic) bond motifs is 1. The summed E-state index contributed by atoms with van der Waals surface area (Å²) in [5, 5.41) is 19.4. The van der Waals surface area contributed by atoms with E-state index >= 15 is 0 Å². The second-order valence-corrected chi connectivity index (χ2v) is 4.04. The largest absolute Gasteiger partial charge is 0.508 e. The Labute approximate surface area is 93.5 Å². The van der Waals surface area contributed by atoms with Gasteiger partial charge in [0.25, 0.3) is 0 Å². The zero-order valence-corrected chi connectivity index (χ0v) is 9.28. The third-order valence-electron chi connectivity index (χ3n) is 2.99. The van der Waals surface area contributed by atoms with Crippen LogP contribution < -0.4 is 0 Å². The quantitative estimate of drug-likeness (QED) is 0.712. The molecule has 1 aromatic carbocycles. The Morgan fingerprint density at radius 1 is 1.50 bits per heavy atom. The van der Waals surface area contributed by atoms with Gasteiger partial charge in [-0.1, -0.05) is 6.92 Å². The summed E-state index contributed by atoms with van der Waals surface area (Å²) in [4.78, 5) is 11.7. The van der Waals surface area contributed by atoms with Crippen molar-refractivity contribution >= 4 is 5.97 Å². The fraction of sp³-hybridized carbons (Fsp3) is 0.417. The summed E-state index contributed by atoms with van der Waals surface area (Å²) in [6, 6.07) is 1.54. The van der Waals surface area contributed by atoms with Crippen LogP contribution in [0.3, 0.4) is 0 Å². The molecule has 0 amide bonds. The SMILES string of the molecule is CC[C@@H]1Cc2cc(O)c(C)c(O)c2C(=O)O1. The van der Waals surface area contributed by atoms with Crippen molar-refractivity contribution in [1.82, 2.24) is 0 Å². The van der Waals surface area contributed by atoms with Crippen LogP contribution in [0.15, 0.2) is 6.07 Å². The summed E-state index contributed by atoms with van der Waals surface area (Å²) in [5.41, 5.74) is 1.16. The fourth-order valence-corrected chi connectivity index (χ4v) is 1.92. The van der Waals surface area contributed by atoms with Crippen LogP contribution >= 0.6 is 0 Å². The molecule has 86 valence electrons. The van der Waals surface area contributed by atoms with E-state index in [0.717, 1.165) is 6.42 Å². The molecular formula is C12H14O4. The number of ether oxygens (including phenoxy) is 1. The molecule has 1 aliphatic rings. The Kier molecular flexibility index (Phi) is 2.50. The Bertz CT molecular complexity index is 451. The van der Waals surface area contributed by atoms with Crippen LogP contribution in [-0.4, -0.2) is 22.3 Å². The average Bonchev–Trinajstić information content (AvgIpc) is 2.25. The number of phenols is 2. The monoisotopic (exact) mass is 222 g/mol. The van der Waals surface area contributed by atoms with Crippen LogP contribution in [0.1, 0.15) is 34.8 Å². The lowest BCUT2D eigenvalue weighted by atomic mass is 9.94. The maximum absolute atomic E-state index is 11.7. The van der Waals surface area contributed by atoms with Gasteiger partial charge in [0.2, 0.25) is 0 Å². The number of carbonyl (C=O) groups excluding carboxylic acids is 1. The first-order valence-corrected chi connectivity index (χ1v) is 5.30. The topological polar surface area (TPSA) is 66.8 Å². The molecule has 0 bridgehead atoms.